The van der Waals surface area contributed by atoms with Crippen molar-refractivity contribution in [1.29, 1.82) is 0 Å². The van der Waals surface area contributed by atoms with Gasteiger partial charge in [-0.1, -0.05) is 52.7 Å². The summed E-state index contributed by atoms with van der Waals surface area (Å²) in [5.74, 6) is 2.62. The maximum absolute atomic E-state index is 10.6. The van der Waals surface area contributed by atoms with Crippen molar-refractivity contribution in [3.63, 3.8) is 0 Å². The van der Waals surface area contributed by atoms with Crippen molar-refractivity contribution >= 4 is 6.09 Å². The molecule has 0 aromatic rings. The van der Waals surface area contributed by atoms with E-state index in [2.05, 4.69) is 59.9 Å². The molecule has 3 heteroatoms. The monoisotopic (exact) mass is 323 g/mol. The van der Waals surface area contributed by atoms with Crippen molar-refractivity contribution in [2.75, 3.05) is 0 Å². The summed E-state index contributed by atoms with van der Waals surface area (Å²) in [7, 11) is 0. The van der Waals surface area contributed by atoms with E-state index in [4.69, 9.17) is 5.11 Å². The molecule has 0 aliphatic heterocycles. The number of hydrogen-bond acceptors (Lipinski definition) is 1. The molecule has 23 heavy (non-hydrogen) atoms. The second-order valence-corrected chi connectivity index (χ2v) is 8.93. The molecule has 0 saturated heterocycles. The van der Waals surface area contributed by atoms with Crippen LogP contribution >= 0.6 is 0 Å². The Hall–Kier alpha value is -0.990. The van der Waals surface area contributed by atoms with Gasteiger partial charge in [0.1, 0.15) is 0 Å². The molecule has 4 atom stereocenters. The molecule has 0 aromatic carbocycles. The highest BCUT2D eigenvalue weighted by atomic mass is 16.4. The van der Waals surface area contributed by atoms with Gasteiger partial charge in [0, 0.05) is 6.04 Å². The average Bonchev–Trinajstić information content (AvgIpc) is 2.94. The first-order chi connectivity index (χ1) is 10.5. The lowest BCUT2D eigenvalue weighted by atomic mass is 9.74. The van der Waals surface area contributed by atoms with E-state index in [1.165, 1.54) is 18.4 Å². The van der Waals surface area contributed by atoms with Crippen LogP contribution in [0.4, 0.5) is 4.79 Å². The zero-order valence-electron chi connectivity index (χ0n) is 16.1. The summed E-state index contributed by atoms with van der Waals surface area (Å²) in [6.45, 7) is 15.6. The molecule has 1 amide bonds. The molecule has 0 bridgehead atoms. The number of allylic oxidation sites excluding steroid dienone is 2. The summed E-state index contributed by atoms with van der Waals surface area (Å²) in [4.78, 5) is 10.6. The molecular formula is C20H37NO2. The molecule has 0 radical (unpaired) electrons. The molecule has 2 N–H and O–H groups in total. The van der Waals surface area contributed by atoms with Crippen LogP contribution in [0.2, 0.25) is 0 Å². The van der Waals surface area contributed by atoms with E-state index in [0.717, 1.165) is 18.8 Å². The fourth-order valence-electron chi connectivity index (χ4n) is 3.72. The summed E-state index contributed by atoms with van der Waals surface area (Å²) in [6.07, 6.45) is 6.28. The van der Waals surface area contributed by atoms with Gasteiger partial charge in [-0.15, -0.1) is 0 Å². The number of hydrogen-bond donors (Lipinski definition) is 2. The lowest BCUT2D eigenvalue weighted by molar-refractivity contribution is 0.147. The highest BCUT2D eigenvalue weighted by Gasteiger charge is 2.43. The van der Waals surface area contributed by atoms with Crippen LogP contribution in [0.3, 0.4) is 0 Å². The minimum Gasteiger partial charge on any atom is -0.465 e. The summed E-state index contributed by atoms with van der Waals surface area (Å²) < 4.78 is 0. The van der Waals surface area contributed by atoms with Crippen molar-refractivity contribution < 1.29 is 9.90 Å². The molecule has 2 fully saturated rings. The number of nitrogens with one attached hydrogen (secondary N) is 1. The summed E-state index contributed by atoms with van der Waals surface area (Å²) in [5, 5.41) is 11.4. The lowest BCUT2D eigenvalue weighted by Crippen LogP contribution is -2.45. The highest BCUT2D eigenvalue weighted by molar-refractivity contribution is 5.64. The molecule has 0 heterocycles. The number of amides is 1. The van der Waals surface area contributed by atoms with Crippen molar-refractivity contribution in [3.8, 4) is 0 Å². The minimum absolute atomic E-state index is 0.163. The zero-order chi connectivity index (χ0) is 17.8. The zero-order valence-corrected chi connectivity index (χ0v) is 16.1. The largest absolute Gasteiger partial charge is 0.465 e. The summed E-state index contributed by atoms with van der Waals surface area (Å²) in [6, 6.07) is 0.163. The van der Waals surface area contributed by atoms with Gasteiger partial charge in [0.05, 0.1) is 0 Å². The van der Waals surface area contributed by atoms with E-state index in [1.807, 2.05) is 0 Å². The fourth-order valence-corrected chi connectivity index (χ4v) is 3.72. The van der Waals surface area contributed by atoms with Gasteiger partial charge in [-0.05, 0) is 62.2 Å². The third-order valence-corrected chi connectivity index (χ3v) is 5.46. The molecular weight excluding hydrogens is 286 g/mol. The molecule has 2 rings (SSSR count). The van der Waals surface area contributed by atoms with Crippen LogP contribution in [0.5, 0.6) is 0 Å². The smallest absolute Gasteiger partial charge is 0.404 e. The van der Waals surface area contributed by atoms with Crippen molar-refractivity contribution in [3.05, 3.63) is 11.6 Å². The number of rotatable bonds is 3. The van der Waals surface area contributed by atoms with Crippen LogP contribution in [0.15, 0.2) is 11.6 Å². The quantitative estimate of drug-likeness (QED) is 0.653. The lowest BCUT2D eigenvalue weighted by Gasteiger charge is -2.37. The Morgan fingerprint density at radius 1 is 1.26 bits per heavy atom. The van der Waals surface area contributed by atoms with Crippen LogP contribution in [-0.4, -0.2) is 17.2 Å². The van der Waals surface area contributed by atoms with Gasteiger partial charge in [0.15, 0.2) is 0 Å². The topological polar surface area (TPSA) is 49.3 Å². The van der Waals surface area contributed by atoms with Crippen LogP contribution in [0.1, 0.15) is 74.1 Å². The second kappa shape index (κ2) is 8.21. The second-order valence-electron chi connectivity index (χ2n) is 8.93. The van der Waals surface area contributed by atoms with Crippen LogP contribution in [0.25, 0.3) is 0 Å². The number of carboxylic acid groups (broad SMARTS) is 1. The molecule has 0 aromatic heterocycles. The van der Waals surface area contributed by atoms with Crippen molar-refractivity contribution in [2.45, 2.75) is 80.2 Å². The van der Waals surface area contributed by atoms with Crippen molar-refractivity contribution in [1.82, 2.24) is 5.32 Å². The predicted molar refractivity (Wildman–Crippen MR) is 97.6 cm³/mol. The van der Waals surface area contributed by atoms with E-state index in [9.17, 15) is 4.79 Å². The predicted octanol–water partition coefficient (Wildman–Crippen LogP) is 5.71. The maximum atomic E-state index is 10.6. The van der Waals surface area contributed by atoms with Crippen LogP contribution in [-0.2, 0) is 0 Å². The molecule has 0 spiro atoms. The Balaban J connectivity index is 0.000000253. The Labute approximate surface area is 142 Å². The molecule has 2 saturated carbocycles. The van der Waals surface area contributed by atoms with Gasteiger partial charge in [0.25, 0.3) is 0 Å². The molecule has 3 nitrogen and oxygen atoms in total. The van der Waals surface area contributed by atoms with Crippen LogP contribution in [0, 0.1) is 29.1 Å². The maximum Gasteiger partial charge on any atom is 0.404 e. The summed E-state index contributed by atoms with van der Waals surface area (Å²) >= 11 is 0. The van der Waals surface area contributed by atoms with Gasteiger partial charge in [0.2, 0.25) is 0 Å². The molecule has 0 unspecified atom stereocenters. The Bertz CT molecular complexity index is 421. The molecule has 2 aliphatic carbocycles. The highest BCUT2D eigenvalue weighted by Crippen LogP contribution is 2.52. The minimum atomic E-state index is -0.880. The van der Waals surface area contributed by atoms with E-state index >= 15 is 0 Å². The SMILES string of the molecule is CC(C)=C[C@H]1CC1(C)C.CC(C)[C@H]1CC[C@H](C)C[C@@H]1NC(=O)O. The average molecular weight is 324 g/mol. The first-order valence-electron chi connectivity index (χ1n) is 9.17. The number of carbonyl (C=O) groups is 1. The standard InChI is InChI=1S/C11H21NO2.C9H16/c1-7(2)9-5-4-8(3)6-10(9)12-11(13)14;1-7(2)5-8-6-9(8,3)4/h7-10,12H,4-6H2,1-3H3,(H,13,14);5,8H,6H2,1-4H3/t8-,9+,10-;8-/m00/s1. The van der Waals surface area contributed by atoms with Gasteiger partial charge in [-0.2, -0.15) is 0 Å². The van der Waals surface area contributed by atoms with Crippen LogP contribution < -0.4 is 5.32 Å². The van der Waals surface area contributed by atoms with Crippen molar-refractivity contribution in [2.24, 2.45) is 29.1 Å². The summed E-state index contributed by atoms with van der Waals surface area (Å²) in [5.41, 5.74) is 2.09. The normalized spacial score (nSPS) is 31.7. The van der Waals surface area contributed by atoms with E-state index in [0.29, 0.717) is 23.2 Å². The third-order valence-electron chi connectivity index (χ3n) is 5.46. The van der Waals surface area contributed by atoms with Gasteiger partial charge < -0.3 is 10.4 Å². The van der Waals surface area contributed by atoms with E-state index < -0.39 is 6.09 Å². The first-order valence-corrected chi connectivity index (χ1v) is 9.17. The van der Waals surface area contributed by atoms with Gasteiger partial charge in [-0.3, -0.25) is 0 Å². The van der Waals surface area contributed by atoms with Gasteiger partial charge >= 0.3 is 6.09 Å². The fraction of sp³-hybridized carbons (Fsp3) is 0.850. The first kappa shape index (κ1) is 20.1. The van der Waals surface area contributed by atoms with Gasteiger partial charge in [-0.25, -0.2) is 4.79 Å². The Morgan fingerprint density at radius 3 is 2.17 bits per heavy atom. The molecule has 2 aliphatic rings. The Morgan fingerprint density at radius 2 is 1.83 bits per heavy atom. The Kier molecular flexibility index (Phi) is 7.16. The third kappa shape index (κ3) is 6.97. The van der Waals surface area contributed by atoms with E-state index in [1.54, 1.807) is 0 Å². The van der Waals surface area contributed by atoms with E-state index in [-0.39, 0.29) is 6.04 Å². The molecule has 134 valence electrons.